The van der Waals surface area contributed by atoms with E-state index in [1.54, 1.807) is 10.9 Å². The molecule has 4 rings (SSSR count). The number of H-pyrrole nitrogens is 1. The first-order chi connectivity index (χ1) is 10.7. The Balaban J connectivity index is 0.00000104. The second-order valence-corrected chi connectivity index (χ2v) is 5.81. The van der Waals surface area contributed by atoms with Crippen molar-refractivity contribution in [2.45, 2.75) is 33.2 Å². The van der Waals surface area contributed by atoms with Crippen LogP contribution in [0.25, 0.3) is 11.0 Å². The quantitative estimate of drug-likeness (QED) is 0.656. The normalized spacial score (nSPS) is 14.6. The minimum Gasteiger partial charge on any atom is -0.367 e. The van der Waals surface area contributed by atoms with Gasteiger partial charge in [-0.1, -0.05) is 12.6 Å². The lowest BCUT2D eigenvalue weighted by atomic mass is 10.2. The molecule has 1 atom stereocenters. The summed E-state index contributed by atoms with van der Waals surface area (Å²) in [6.07, 6.45) is 6.24. The third-order valence-electron chi connectivity index (χ3n) is 3.95. The highest BCUT2D eigenvalue weighted by Gasteiger charge is 2.28. The fraction of sp³-hybridized carbons (Fsp3) is 0.467. The summed E-state index contributed by atoms with van der Waals surface area (Å²) in [5.74, 6) is 2.72. The number of aromatic amines is 1. The number of aryl methyl sites for hydroxylation is 1. The Labute approximate surface area is 147 Å². The summed E-state index contributed by atoms with van der Waals surface area (Å²) in [4.78, 5) is 12.2. The Hall–Kier alpha value is -2.29. The van der Waals surface area contributed by atoms with Crippen molar-refractivity contribution in [2.75, 3.05) is 10.6 Å². The predicted octanol–water partition coefficient (Wildman–Crippen LogP) is 2.79. The molecule has 1 saturated carbocycles. The van der Waals surface area contributed by atoms with Gasteiger partial charge >= 0.3 is 0 Å². The molecule has 0 radical (unpaired) electrons. The van der Waals surface area contributed by atoms with Gasteiger partial charge in [0.1, 0.15) is 11.5 Å². The highest BCUT2D eigenvalue weighted by atomic mass is 32.1. The van der Waals surface area contributed by atoms with Gasteiger partial charge in [0.2, 0.25) is 5.95 Å². The van der Waals surface area contributed by atoms with Crippen LogP contribution < -0.4 is 10.6 Å². The van der Waals surface area contributed by atoms with Crippen LogP contribution in [0.3, 0.4) is 0 Å². The predicted molar refractivity (Wildman–Crippen MR) is 101 cm³/mol. The lowest BCUT2D eigenvalue weighted by Crippen LogP contribution is -2.18. The second-order valence-electron chi connectivity index (χ2n) is 5.81. The van der Waals surface area contributed by atoms with Gasteiger partial charge in [0.05, 0.1) is 11.6 Å². The maximum Gasteiger partial charge on any atom is 0.232 e. The zero-order valence-electron chi connectivity index (χ0n) is 13.0. The van der Waals surface area contributed by atoms with E-state index in [1.165, 1.54) is 12.8 Å². The van der Waals surface area contributed by atoms with E-state index in [2.05, 4.69) is 42.8 Å². The van der Waals surface area contributed by atoms with Gasteiger partial charge in [-0.2, -0.15) is 23.5 Å². The van der Waals surface area contributed by atoms with E-state index in [0.29, 0.717) is 17.8 Å². The Morgan fingerprint density at radius 1 is 1.33 bits per heavy atom. The molecule has 0 bridgehead atoms. The highest BCUT2D eigenvalue weighted by molar-refractivity contribution is 7.59. The van der Waals surface area contributed by atoms with E-state index in [4.69, 9.17) is 0 Å². The Morgan fingerprint density at radius 3 is 2.79 bits per heavy atom. The average molecular weight is 348 g/mol. The van der Waals surface area contributed by atoms with Crippen molar-refractivity contribution in [3.63, 3.8) is 0 Å². The number of hydrogen-bond acceptors (Lipinski definition) is 6. The van der Waals surface area contributed by atoms with Gasteiger partial charge in [0, 0.05) is 19.3 Å². The molecule has 0 spiro atoms. The third kappa shape index (κ3) is 3.61. The molecular weight excluding hydrogens is 324 g/mol. The summed E-state index contributed by atoms with van der Waals surface area (Å²) in [6, 6.07) is 2.40. The molecule has 0 saturated heterocycles. The average Bonchev–Trinajstić information content (AvgIpc) is 3.11. The van der Waals surface area contributed by atoms with Crippen molar-refractivity contribution in [3.05, 3.63) is 18.5 Å². The monoisotopic (exact) mass is 348 g/mol. The molecular formula is C15H24N8S. The van der Waals surface area contributed by atoms with Crippen LogP contribution >= 0.6 is 13.5 Å². The van der Waals surface area contributed by atoms with Crippen molar-refractivity contribution < 1.29 is 0 Å². The molecule has 3 aromatic heterocycles. The van der Waals surface area contributed by atoms with E-state index in [0.717, 1.165) is 22.8 Å². The van der Waals surface area contributed by atoms with Crippen LogP contribution in [0.5, 0.6) is 0 Å². The van der Waals surface area contributed by atoms with Crippen molar-refractivity contribution in [1.82, 2.24) is 29.9 Å². The highest BCUT2D eigenvalue weighted by Crippen LogP contribution is 2.34. The number of rotatable bonds is 5. The fourth-order valence-electron chi connectivity index (χ4n) is 2.56. The second kappa shape index (κ2) is 7.08. The molecule has 3 aromatic rings. The molecule has 1 aliphatic rings. The molecule has 0 aliphatic heterocycles. The summed E-state index contributed by atoms with van der Waals surface area (Å²) in [6.45, 7) is 2.20. The van der Waals surface area contributed by atoms with Crippen LogP contribution in [0.1, 0.15) is 27.2 Å². The molecule has 24 heavy (non-hydrogen) atoms. The lowest BCUT2D eigenvalue weighted by Gasteiger charge is -2.15. The maximum atomic E-state index is 4.60. The van der Waals surface area contributed by atoms with E-state index in [-0.39, 0.29) is 20.9 Å². The topological polar surface area (TPSA) is 96.3 Å². The van der Waals surface area contributed by atoms with Crippen molar-refractivity contribution in [1.29, 1.82) is 0 Å². The van der Waals surface area contributed by atoms with Gasteiger partial charge in [0.15, 0.2) is 5.82 Å². The number of hydrogen-bond donors (Lipinski definition) is 3. The first-order valence-corrected chi connectivity index (χ1v) is 7.44. The molecule has 0 aromatic carbocycles. The Bertz CT molecular complexity index is 807. The van der Waals surface area contributed by atoms with Crippen molar-refractivity contribution in [2.24, 2.45) is 13.0 Å². The summed E-state index contributed by atoms with van der Waals surface area (Å²) in [7, 11) is 1.82. The lowest BCUT2D eigenvalue weighted by molar-refractivity contribution is 0.691. The molecule has 8 nitrogen and oxygen atoms in total. The smallest absolute Gasteiger partial charge is 0.232 e. The number of anilines is 3. The van der Waals surface area contributed by atoms with Crippen LogP contribution in [0.2, 0.25) is 0 Å². The summed E-state index contributed by atoms with van der Waals surface area (Å²) >= 11 is 0. The van der Waals surface area contributed by atoms with Crippen molar-refractivity contribution in [3.8, 4) is 0 Å². The molecule has 1 aliphatic carbocycles. The number of fused-ring (bicyclic) bond motifs is 1. The third-order valence-corrected chi connectivity index (χ3v) is 3.95. The van der Waals surface area contributed by atoms with E-state index < -0.39 is 0 Å². The van der Waals surface area contributed by atoms with Gasteiger partial charge in [-0.05, 0) is 31.7 Å². The Morgan fingerprint density at radius 2 is 2.12 bits per heavy atom. The Kier molecular flexibility index (Phi) is 5.33. The molecule has 130 valence electrons. The van der Waals surface area contributed by atoms with Crippen LogP contribution in [0.15, 0.2) is 18.5 Å². The van der Waals surface area contributed by atoms with Crippen LogP contribution in [0, 0.1) is 5.92 Å². The SMILES string of the molecule is C.C[C@H](Nc1nc(Nc2cn(C)nn2)nc2[nH]ccc12)C1CC1.S. The summed E-state index contributed by atoms with van der Waals surface area (Å²) in [5.41, 5.74) is 0.798. The fourth-order valence-corrected chi connectivity index (χ4v) is 2.56. The molecule has 0 unspecified atom stereocenters. The standard InChI is InChI=1S/C14H18N8.CH4.H2S/c1-8(9-3-4-9)16-13-10-5-6-15-12(10)18-14(19-13)17-11-7-22(2)21-20-11;;/h5-9H,3-4H2,1-2H3,(H3,15,16,17,18,19);1H4;1H2/t8-;;/m0../s1. The largest absolute Gasteiger partial charge is 0.367 e. The van der Waals surface area contributed by atoms with Gasteiger partial charge in [0.25, 0.3) is 0 Å². The number of nitrogens with one attached hydrogen (secondary N) is 3. The van der Waals surface area contributed by atoms with E-state index in [9.17, 15) is 0 Å². The molecule has 3 heterocycles. The van der Waals surface area contributed by atoms with E-state index in [1.807, 2.05) is 19.3 Å². The number of aromatic nitrogens is 6. The maximum absolute atomic E-state index is 4.60. The zero-order valence-corrected chi connectivity index (χ0v) is 14.0. The number of nitrogens with zero attached hydrogens (tertiary/aromatic N) is 5. The molecule has 9 heteroatoms. The first-order valence-electron chi connectivity index (χ1n) is 7.44. The first kappa shape index (κ1) is 18.1. The van der Waals surface area contributed by atoms with Gasteiger partial charge < -0.3 is 15.6 Å². The van der Waals surface area contributed by atoms with E-state index >= 15 is 0 Å². The van der Waals surface area contributed by atoms with Crippen molar-refractivity contribution >= 4 is 42.1 Å². The van der Waals surface area contributed by atoms with Gasteiger partial charge in [-0.3, -0.25) is 4.68 Å². The zero-order chi connectivity index (χ0) is 15.1. The van der Waals surface area contributed by atoms with Gasteiger partial charge in [-0.25, -0.2) is 0 Å². The summed E-state index contributed by atoms with van der Waals surface area (Å²) < 4.78 is 1.63. The van der Waals surface area contributed by atoms with Crippen LogP contribution in [0.4, 0.5) is 17.6 Å². The molecule has 1 fully saturated rings. The van der Waals surface area contributed by atoms with Gasteiger partial charge in [-0.15, -0.1) is 5.10 Å². The molecule has 3 N–H and O–H groups in total. The summed E-state index contributed by atoms with van der Waals surface area (Å²) in [5, 5.41) is 15.5. The minimum atomic E-state index is 0. The van der Waals surface area contributed by atoms with Crippen LogP contribution in [-0.2, 0) is 7.05 Å². The molecule has 0 amide bonds. The van der Waals surface area contributed by atoms with Crippen LogP contribution in [-0.4, -0.2) is 36.0 Å². The minimum absolute atomic E-state index is 0.